The molecule has 3 aliphatic heterocycles. The van der Waals surface area contributed by atoms with Crippen LogP contribution in [-0.4, -0.2) is 47.3 Å². The maximum Gasteiger partial charge on any atom is 0.318 e. The Morgan fingerprint density at radius 3 is 2.38 bits per heavy atom. The number of anilines is 1. The van der Waals surface area contributed by atoms with Crippen molar-refractivity contribution < 1.29 is 8.83 Å². The Balaban J connectivity index is 0.00000168. The number of piperidine rings is 1. The lowest BCUT2D eigenvalue weighted by Gasteiger charge is -2.29. The summed E-state index contributed by atoms with van der Waals surface area (Å²) in [5.41, 5.74) is 1.96. The minimum atomic E-state index is 0. The van der Waals surface area contributed by atoms with Gasteiger partial charge in [0.1, 0.15) is 5.76 Å². The molecule has 7 heteroatoms. The highest BCUT2D eigenvalue weighted by Crippen LogP contribution is 2.29. The zero-order valence-electron chi connectivity index (χ0n) is 14.4. The minimum absolute atomic E-state index is 0. The van der Waals surface area contributed by atoms with Gasteiger partial charge in [0.05, 0.1) is 6.26 Å². The van der Waals surface area contributed by atoms with Crippen molar-refractivity contribution in [3.8, 4) is 22.8 Å². The van der Waals surface area contributed by atoms with Crippen molar-refractivity contribution >= 4 is 18.4 Å². The van der Waals surface area contributed by atoms with E-state index in [4.69, 9.17) is 8.83 Å². The Hall–Kier alpha value is -2.31. The van der Waals surface area contributed by atoms with Gasteiger partial charge in [0.2, 0.25) is 5.89 Å². The van der Waals surface area contributed by atoms with Crippen LogP contribution >= 0.6 is 12.4 Å². The van der Waals surface area contributed by atoms with Crippen LogP contribution in [0.1, 0.15) is 12.8 Å². The van der Waals surface area contributed by atoms with E-state index in [9.17, 15) is 0 Å². The van der Waals surface area contributed by atoms with Crippen molar-refractivity contribution in [2.45, 2.75) is 18.9 Å². The van der Waals surface area contributed by atoms with Crippen LogP contribution in [0.25, 0.3) is 22.8 Å². The van der Waals surface area contributed by atoms with Crippen LogP contribution in [0.5, 0.6) is 0 Å². The summed E-state index contributed by atoms with van der Waals surface area (Å²) in [6.45, 7) is 4.39. The zero-order chi connectivity index (χ0) is 16.6. The zero-order valence-corrected chi connectivity index (χ0v) is 15.2. The summed E-state index contributed by atoms with van der Waals surface area (Å²) in [5.74, 6) is 1.42. The second-order valence-electron chi connectivity index (χ2n) is 6.71. The number of hydrogen-bond acceptors (Lipinski definition) is 6. The molecule has 0 aliphatic carbocycles. The minimum Gasteiger partial charge on any atom is -0.464 e. The number of fused-ring (bicyclic) bond motifs is 4. The van der Waals surface area contributed by atoms with Gasteiger partial charge in [-0.3, -0.25) is 0 Å². The number of nitrogens with zero attached hydrogens (tertiary/aromatic N) is 4. The van der Waals surface area contributed by atoms with Gasteiger partial charge < -0.3 is 18.6 Å². The summed E-state index contributed by atoms with van der Waals surface area (Å²) in [5, 5.41) is 8.59. The third kappa shape index (κ3) is 3.10. The largest absolute Gasteiger partial charge is 0.464 e. The Bertz CT molecular complexity index is 839. The van der Waals surface area contributed by atoms with E-state index in [1.807, 2.05) is 36.4 Å². The Morgan fingerprint density at radius 2 is 1.65 bits per heavy atom. The highest BCUT2D eigenvalue weighted by atomic mass is 35.5. The fraction of sp³-hybridized carbons (Fsp3) is 0.368. The molecule has 136 valence electrons. The molecular formula is C19H21ClN4O2. The molecule has 1 aromatic carbocycles. The molecule has 0 N–H and O–H groups in total. The molecule has 0 amide bonds. The van der Waals surface area contributed by atoms with Crippen LogP contribution < -0.4 is 4.90 Å². The topological polar surface area (TPSA) is 58.5 Å². The van der Waals surface area contributed by atoms with Crippen molar-refractivity contribution in [1.82, 2.24) is 15.1 Å². The molecule has 3 aromatic rings. The lowest BCUT2D eigenvalue weighted by atomic mass is 10.1. The molecule has 0 saturated carbocycles. The summed E-state index contributed by atoms with van der Waals surface area (Å²) < 4.78 is 11.4. The van der Waals surface area contributed by atoms with Gasteiger partial charge in [-0.25, -0.2) is 0 Å². The second kappa shape index (κ2) is 7.13. The highest BCUT2D eigenvalue weighted by molar-refractivity contribution is 5.85. The number of hydrogen-bond donors (Lipinski definition) is 0. The highest BCUT2D eigenvalue weighted by Gasteiger charge is 2.31. The molecule has 0 spiro atoms. The molecule has 6 rings (SSSR count). The van der Waals surface area contributed by atoms with E-state index in [0.29, 0.717) is 17.9 Å². The molecule has 0 atom stereocenters. The third-order valence-electron chi connectivity index (χ3n) is 5.25. The Labute approximate surface area is 158 Å². The average molecular weight is 373 g/mol. The van der Waals surface area contributed by atoms with E-state index in [2.05, 4.69) is 20.0 Å². The van der Waals surface area contributed by atoms with Gasteiger partial charge in [-0.05, 0) is 37.1 Å². The summed E-state index contributed by atoms with van der Waals surface area (Å²) >= 11 is 0. The van der Waals surface area contributed by atoms with E-state index in [1.54, 1.807) is 6.26 Å². The predicted octanol–water partition coefficient (Wildman–Crippen LogP) is 3.70. The molecule has 2 bridgehead atoms. The quantitative estimate of drug-likeness (QED) is 0.698. The average Bonchev–Trinajstić information content (AvgIpc) is 3.29. The molecule has 6 nitrogen and oxygen atoms in total. The standard InChI is InChI=1S/C19H20N4O2.ClH/c1-2-17(24-13-1)14-3-5-15(6-4-14)18-20-21-19(25-18)23-12-11-22-9-7-16(23)8-10-22;/h1-6,13,16H,7-12H2;1H. The van der Waals surface area contributed by atoms with Crippen LogP contribution in [0.15, 0.2) is 51.5 Å². The van der Waals surface area contributed by atoms with Crippen LogP contribution in [0.4, 0.5) is 6.01 Å². The summed E-state index contributed by atoms with van der Waals surface area (Å²) in [6, 6.07) is 13.0. The number of rotatable bonds is 3. The summed E-state index contributed by atoms with van der Waals surface area (Å²) in [4.78, 5) is 4.81. The van der Waals surface area contributed by atoms with Crippen molar-refractivity contribution in [1.29, 1.82) is 0 Å². The van der Waals surface area contributed by atoms with E-state index in [0.717, 1.165) is 30.0 Å². The monoisotopic (exact) mass is 372 g/mol. The maximum absolute atomic E-state index is 6.01. The molecule has 0 radical (unpaired) electrons. The van der Waals surface area contributed by atoms with Gasteiger partial charge in [0.25, 0.3) is 0 Å². The van der Waals surface area contributed by atoms with Crippen LogP contribution in [0, 0.1) is 0 Å². The number of aromatic nitrogens is 2. The third-order valence-corrected chi connectivity index (χ3v) is 5.25. The maximum atomic E-state index is 6.01. The summed E-state index contributed by atoms with van der Waals surface area (Å²) in [6.07, 6.45) is 4.03. The number of benzene rings is 1. The van der Waals surface area contributed by atoms with Crippen LogP contribution in [-0.2, 0) is 0 Å². The van der Waals surface area contributed by atoms with Crippen LogP contribution in [0.2, 0.25) is 0 Å². The van der Waals surface area contributed by atoms with Crippen molar-refractivity contribution in [3.05, 3.63) is 42.7 Å². The van der Waals surface area contributed by atoms with Gasteiger partial charge in [-0.2, -0.15) is 0 Å². The van der Waals surface area contributed by atoms with Gasteiger partial charge in [-0.15, -0.1) is 17.5 Å². The first kappa shape index (κ1) is 17.1. The van der Waals surface area contributed by atoms with Crippen molar-refractivity contribution in [3.63, 3.8) is 0 Å². The molecule has 3 saturated heterocycles. The molecular weight excluding hydrogens is 352 g/mol. The van der Waals surface area contributed by atoms with Gasteiger partial charge in [-0.1, -0.05) is 17.2 Å². The smallest absolute Gasteiger partial charge is 0.318 e. The van der Waals surface area contributed by atoms with Crippen molar-refractivity contribution in [2.24, 2.45) is 0 Å². The second-order valence-corrected chi connectivity index (χ2v) is 6.71. The SMILES string of the molecule is Cl.c1coc(-c2ccc(-c3nnc(N4CCN5CCC4CC5)o3)cc2)c1. The Kier molecular flexibility index (Phi) is 4.70. The van der Waals surface area contributed by atoms with Gasteiger partial charge in [0, 0.05) is 43.3 Å². The Morgan fingerprint density at radius 1 is 0.885 bits per heavy atom. The molecule has 3 fully saturated rings. The lowest BCUT2D eigenvalue weighted by molar-refractivity contribution is 0.249. The van der Waals surface area contributed by atoms with E-state index < -0.39 is 0 Å². The number of furan rings is 1. The fourth-order valence-electron chi connectivity index (χ4n) is 3.81. The van der Waals surface area contributed by atoms with E-state index >= 15 is 0 Å². The first-order valence-electron chi connectivity index (χ1n) is 8.84. The first-order chi connectivity index (χ1) is 12.4. The fourth-order valence-corrected chi connectivity index (χ4v) is 3.81. The molecule has 5 heterocycles. The van der Waals surface area contributed by atoms with Gasteiger partial charge >= 0.3 is 6.01 Å². The van der Waals surface area contributed by atoms with Crippen molar-refractivity contribution in [2.75, 3.05) is 31.1 Å². The normalized spacial score (nSPS) is 22.1. The lowest BCUT2D eigenvalue weighted by Crippen LogP contribution is -2.38. The first-order valence-corrected chi connectivity index (χ1v) is 8.84. The molecule has 26 heavy (non-hydrogen) atoms. The van der Waals surface area contributed by atoms with Gasteiger partial charge in [0.15, 0.2) is 0 Å². The van der Waals surface area contributed by atoms with E-state index in [1.165, 1.54) is 25.9 Å². The number of halogens is 1. The molecule has 2 aromatic heterocycles. The molecule has 3 aliphatic rings. The van der Waals surface area contributed by atoms with E-state index in [-0.39, 0.29) is 12.4 Å². The summed E-state index contributed by atoms with van der Waals surface area (Å²) in [7, 11) is 0. The molecule has 0 unspecified atom stereocenters. The van der Waals surface area contributed by atoms with Crippen LogP contribution in [0.3, 0.4) is 0 Å². The predicted molar refractivity (Wildman–Crippen MR) is 101 cm³/mol.